The molecule has 0 atom stereocenters. The Morgan fingerprint density at radius 1 is 1.00 bits per heavy atom. The van der Waals surface area contributed by atoms with Crippen molar-refractivity contribution in [1.29, 1.82) is 0 Å². The summed E-state index contributed by atoms with van der Waals surface area (Å²) in [6, 6.07) is 22.8. The number of aromatic amines is 1. The Bertz CT molecular complexity index is 1990. The van der Waals surface area contributed by atoms with Crippen molar-refractivity contribution in [2.24, 2.45) is 17.1 Å². The lowest BCUT2D eigenvalue weighted by Crippen LogP contribution is -2.19. The lowest BCUT2D eigenvalue weighted by Gasteiger charge is -2.07. The number of halogens is 2. The van der Waals surface area contributed by atoms with E-state index < -0.39 is 0 Å². The lowest BCUT2D eigenvalue weighted by atomic mass is 10.2. The number of rotatable bonds is 5. The van der Waals surface area contributed by atoms with E-state index >= 15 is 0 Å². The monoisotopic (exact) mass is 572 g/mol. The van der Waals surface area contributed by atoms with Crippen molar-refractivity contribution in [1.82, 2.24) is 19.0 Å². The molecule has 3 aromatic carbocycles. The van der Waals surface area contributed by atoms with Gasteiger partial charge >= 0.3 is 0 Å². The molecule has 0 aliphatic rings. The number of H-pyrrole nitrogens is 1. The van der Waals surface area contributed by atoms with Gasteiger partial charge in [0.25, 0.3) is 5.56 Å². The Kier molecular flexibility index (Phi) is 6.60. The van der Waals surface area contributed by atoms with E-state index in [2.05, 4.69) is 4.98 Å². The third-order valence-electron chi connectivity index (χ3n) is 6.55. The van der Waals surface area contributed by atoms with Crippen LogP contribution in [-0.2, 0) is 7.05 Å². The summed E-state index contributed by atoms with van der Waals surface area (Å²) in [6.07, 6.45) is 3.68. The topological polar surface area (TPSA) is 72.4 Å². The van der Waals surface area contributed by atoms with Crippen molar-refractivity contribution in [3.05, 3.63) is 121 Å². The first-order valence-corrected chi connectivity index (χ1v) is 13.7. The van der Waals surface area contributed by atoms with E-state index in [0.717, 1.165) is 27.8 Å². The molecular weight excluding hydrogens is 551 g/mol. The van der Waals surface area contributed by atoms with Crippen LogP contribution < -0.4 is 10.4 Å². The van der Waals surface area contributed by atoms with Crippen LogP contribution in [0.15, 0.2) is 99.3 Å². The average Bonchev–Trinajstić information content (AvgIpc) is 3.60. The van der Waals surface area contributed by atoms with Gasteiger partial charge in [0.05, 0.1) is 28.3 Å². The van der Waals surface area contributed by atoms with Crippen LogP contribution in [0.2, 0.25) is 10.0 Å². The number of fused-ring (bicyclic) bond motifs is 1. The van der Waals surface area contributed by atoms with Crippen LogP contribution in [0.5, 0.6) is 0 Å². The highest BCUT2D eigenvalue weighted by Gasteiger charge is 2.17. The van der Waals surface area contributed by atoms with Crippen LogP contribution in [0.3, 0.4) is 0 Å². The molecule has 7 nitrogen and oxygen atoms in total. The molecule has 0 saturated carbocycles. The van der Waals surface area contributed by atoms with Crippen LogP contribution in [0.25, 0.3) is 27.8 Å². The van der Waals surface area contributed by atoms with Gasteiger partial charge in [0.15, 0.2) is 5.69 Å². The van der Waals surface area contributed by atoms with Gasteiger partial charge in [-0.15, -0.1) is 11.3 Å². The van der Waals surface area contributed by atoms with Gasteiger partial charge < -0.3 is 4.98 Å². The molecule has 39 heavy (non-hydrogen) atoms. The second kappa shape index (κ2) is 10.2. The summed E-state index contributed by atoms with van der Waals surface area (Å²) in [5.74, 6) is 0. The molecule has 10 heteroatoms. The van der Waals surface area contributed by atoms with E-state index in [1.54, 1.807) is 38.5 Å². The van der Waals surface area contributed by atoms with Gasteiger partial charge in [-0.2, -0.15) is 5.10 Å². The quantitative estimate of drug-likeness (QED) is 0.224. The van der Waals surface area contributed by atoms with Crippen molar-refractivity contribution >= 4 is 57.3 Å². The number of aromatic nitrogens is 4. The minimum atomic E-state index is -0.218. The Balaban J connectivity index is 1.56. The fraction of sp³-hybridized carbons (Fsp3) is 0.0690. The number of hydrogen-bond donors (Lipinski definition) is 1. The zero-order chi connectivity index (χ0) is 27.1. The summed E-state index contributed by atoms with van der Waals surface area (Å²) in [4.78, 5) is 22.2. The highest BCUT2D eigenvalue weighted by Crippen LogP contribution is 2.31. The van der Waals surface area contributed by atoms with Gasteiger partial charge in [0.1, 0.15) is 0 Å². The molecule has 6 rings (SSSR count). The first kappa shape index (κ1) is 25.2. The Morgan fingerprint density at radius 3 is 2.59 bits per heavy atom. The van der Waals surface area contributed by atoms with E-state index in [4.69, 9.17) is 33.3 Å². The smallest absolute Gasteiger partial charge is 0.297 e. The second-order valence-electron chi connectivity index (χ2n) is 8.90. The molecule has 0 unspecified atom stereocenters. The van der Waals surface area contributed by atoms with Gasteiger partial charge in [0.2, 0.25) is 4.80 Å². The molecule has 3 aromatic heterocycles. The molecule has 0 amide bonds. The minimum Gasteiger partial charge on any atom is -0.361 e. The van der Waals surface area contributed by atoms with Gasteiger partial charge in [0, 0.05) is 45.7 Å². The molecule has 0 saturated heterocycles. The lowest BCUT2D eigenvalue weighted by molar-refractivity contribution is 0.630. The Hall–Kier alpha value is -4.11. The van der Waals surface area contributed by atoms with Crippen LogP contribution in [0, 0.1) is 6.92 Å². The Morgan fingerprint density at radius 2 is 1.77 bits per heavy atom. The molecule has 0 bridgehead atoms. The summed E-state index contributed by atoms with van der Waals surface area (Å²) in [5, 5.41) is 8.86. The number of benzene rings is 3. The fourth-order valence-electron chi connectivity index (χ4n) is 4.47. The van der Waals surface area contributed by atoms with Gasteiger partial charge in [-0.1, -0.05) is 59.6 Å². The molecule has 0 aliphatic heterocycles. The average molecular weight is 574 g/mol. The van der Waals surface area contributed by atoms with Crippen LogP contribution in [0.1, 0.15) is 11.3 Å². The number of nitrogens with zero attached hydrogens (tertiary/aromatic N) is 5. The predicted octanol–water partition coefficient (Wildman–Crippen LogP) is 6.92. The van der Waals surface area contributed by atoms with Gasteiger partial charge in [-0.25, -0.2) is 14.4 Å². The number of nitrogens with one attached hydrogen (secondary N) is 1. The molecule has 0 fully saturated rings. The van der Waals surface area contributed by atoms with Gasteiger partial charge in [-0.3, -0.25) is 9.48 Å². The zero-order valence-electron chi connectivity index (χ0n) is 21.0. The largest absolute Gasteiger partial charge is 0.361 e. The second-order valence-corrected chi connectivity index (χ2v) is 10.6. The van der Waals surface area contributed by atoms with Crippen LogP contribution >= 0.6 is 34.5 Å². The SMILES string of the molecule is Cc1c(N=c2scc(-c3cc(Cl)ccc3Cl)n2N=Cc2c[nH]c3ccccc23)c(=O)n(-c2ccccc2)n1C. The van der Waals surface area contributed by atoms with E-state index in [1.807, 2.05) is 80.1 Å². The number of hydrogen-bond acceptors (Lipinski definition) is 4. The zero-order valence-corrected chi connectivity index (χ0v) is 23.3. The predicted molar refractivity (Wildman–Crippen MR) is 160 cm³/mol. The number of para-hydroxylation sites is 2. The van der Waals surface area contributed by atoms with E-state index in [-0.39, 0.29) is 5.56 Å². The summed E-state index contributed by atoms with van der Waals surface area (Å²) >= 11 is 14.3. The van der Waals surface area contributed by atoms with Crippen LogP contribution in [-0.4, -0.2) is 25.2 Å². The highest BCUT2D eigenvalue weighted by atomic mass is 35.5. The molecule has 0 spiro atoms. The summed E-state index contributed by atoms with van der Waals surface area (Å²) in [6.45, 7) is 1.88. The first-order valence-electron chi connectivity index (χ1n) is 12.1. The molecular formula is C29H22Cl2N6OS. The van der Waals surface area contributed by atoms with Crippen molar-refractivity contribution in [2.45, 2.75) is 6.92 Å². The van der Waals surface area contributed by atoms with Gasteiger partial charge in [-0.05, 0) is 43.3 Å². The van der Waals surface area contributed by atoms with Crippen molar-refractivity contribution in [3.63, 3.8) is 0 Å². The third-order valence-corrected chi connectivity index (χ3v) is 7.94. The summed E-state index contributed by atoms with van der Waals surface area (Å²) in [5.41, 5.74) is 4.96. The molecule has 0 radical (unpaired) electrons. The summed E-state index contributed by atoms with van der Waals surface area (Å²) < 4.78 is 5.11. The van der Waals surface area contributed by atoms with E-state index in [0.29, 0.717) is 31.8 Å². The normalized spacial score (nSPS) is 12.3. The molecule has 1 N–H and O–H groups in total. The van der Waals surface area contributed by atoms with Crippen molar-refractivity contribution in [2.75, 3.05) is 0 Å². The first-order chi connectivity index (χ1) is 18.9. The Labute approximate surface area is 237 Å². The maximum Gasteiger partial charge on any atom is 0.297 e. The maximum absolute atomic E-state index is 13.6. The fourth-order valence-corrected chi connectivity index (χ4v) is 5.69. The molecule has 0 aliphatic carbocycles. The summed E-state index contributed by atoms with van der Waals surface area (Å²) in [7, 11) is 1.84. The van der Waals surface area contributed by atoms with Crippen LogP contribution in [0.4, 0.5) is 5.69 Å². The maximum atomic E-state index is 13.6. The molecule has 6 aromatic rings. The highest BCUT2D eigenvalue weighted by molar-refractivity contribution is 7.07. The standard InChI is InChI=1S/C29H22Cl2N6OS/c1-18-27(28(38)37(35(18)2)21-8-4-3-5-9-21)34-29-36(26(17-39-29)23-14-20(30)12-13-24(23)31)33-16-19-15-32-25-11-7-6-10-22(19)25/h3-17,32H,1-2H3. The number of thiazole rings is 1. The molecule has 194 valence electrons. The molecule has 3 heterocycles. The third kappa shape index (κ3) is 4.57. The minimum absolute atomic E-state index is 0.218. The van der Waals surface area contributed by atoms with E-state index in [1.165, 1.54) is 11.3 Å². The van der Waals surface area contributed by atoms with E-state index in [9.17, 15) is 4.79 Å². The van der Waals surface area contributed by atoms with Crippen molar-refractivity contribution < 1.29 is 0 Å². The van der Waals surface area contributed by atoms with Crippen molar-refractivity contribution in [3.8, 4) is 16.9 Å².